The minimum atomic E-state index is -0.542. The minimum absolute atomic E-state index is 0.542. The number of hydrogen-bond donors (Lipinski definition) is 1. The van der Waals surface area contributed by atoms with Gasteiger partial charge in [0, 0.05) is 6.04 Å². The van der Waals surface area contributed by atoms with Gasteiger partial charge in [0.05, 0.1) is 5.60 Å². The number of fused-ring (bicyclic) bond motifs is 1. The van der Waals surface area contributed by atoms with E-state index >= 15 is 0 Å². The molecule has 0 amide bonds. The third-order valence-electron chi connectivity index (χ3n) is 5.12. The number of aliphatic hydroxyl groups is 1. The third kappa shape index (κ3) is 2.32. The van der Waals surface area contributed by atoms with Crippen LogP contribution in [0.2, 0.25) is 0 Å². The topological polar surface area (TPSA) is 23.5 Å². The zero-order valence-electron chi connectivity index (χ0n) is 12.2. The van der Waals surface area contributed by atoms with Crippen LogP contribution >= 0.6 is 0 Å². The van der Waals surface area contributed by atoms with Crippen molar-refractivity contribution in [3.8, 4) is 0 Å². The highest BCUT2D eigenvalue weighted by molar-refractivity contribution is 5.41. The Kier molecular flexibility index (Phi) is 3.40. The summed E-state index contributed by atoms with van der Waals surface area (Å²) in [5.41, 5.74) is 3.60. The molecule has 19 heavy (non-hydrogen) atoms. The van der Waals surface area contributed by atoms with Crippen molar-refractivity contribution in [2.24, 2.45) is 0 Å². The maximum absolute atomic E-state index is 10.9. The molecule has 1 aromatic carbocycles. The van der Waals surface area contributed by atoms with E-state index in [9.17, 15) is 5.11 Å². The SMILES string of the molecule is CN(C)[C@@H]1CCc2cccc(C3(O)CCCC3)c2C1. The number of hydrogen-bond acceptors (Lipinski definition) is 2. The molecule has 0 aliphatic heterocycles. The Labute approximate surface area is 116 Å². The van der Waals surface area contributed by atoms with Crippen molar-refractivity contribution in [2.75, 3.05) is 14.1 Å². The van der Waals surface area contributed by atoms with Crippen LogP contribution in [-0.2, 0) is 18.4 Å². The van der Waals surface area contributed by atoms with Gasteiger partial charge < -0.3 is 10.0 Å². The highest BCUT2D eigenvalue weighted by Crippen LogP contribution is 2.42. The predicted molar refractivity (Wildman–Crippen MR) is 78.3 cm³/mol. The maximum Gasteiger partial charge on any atom is 0.0899 e. The smallest absolute Gasteiger partial charge is 0.0899 e. The molecule has 1 atom stereocenters. The normalized spacial score (nSPS) is 25.6. The molecule has 1 fully saturated rings. The average molecular weight is 259 g/mol. The molecule has 2 aliphatic rings. The van der Waals surface area contributed by atoms with Crippen LogP contribution in [0.15, 0.2) is 18.2 Å². The fourth-order valence-electron chi connectivity index (χ4n) is 3.88. The summed E-state index contributed by atoms with van der Waals surface area (Å²) in [6.07, 6.45) is 7.70. The van der Waals surface area contributed by atoms with E-state index in [1.54, 1.807) is 0 Å². The van der Waals surface area contributed by atoms with Gasteiger partial charge in [-0.3, -0.25) is 0 Å². The van der Waals surface area contributed by atoms with E-state index in [0.29, 0.717) is 6.04 Å². The molecule has 0 aromatic heterocycles. The standard InChI is InChI=1S/C17H25NO/c1-18(2)14-9-8-13-6-5-7-16(15(13)12-14)17(19)10-3-4-11-17/h5-7,14,19H,3-4,8-12H2,1-2H3/t14-/m1/s1. The van der Waals surface area contributed by atoms with Crippen LogP contribution in [0.1, 0.15) is 48.8 Å². The summed E-state index contributed by atoms with van der Waals surface area (Å²) in [6.45, 7) is 0. The highest BCUT2D eigenvalue weighted by Gasteiger charge is 2.36. The van der Waals surface area contributed by atoms with E-state index in [2.05, 4.69) is 37.2 Å². The maximum atomic E-state index is 10.9. The van der Waals surface area contributed by atoms with Gasteiger partial charge in [-0.05, 0) is 62.9 Å². The fourth-order valence-corrected chi connectivity index (χ4v) is 3.88. The summed E-state index contributed by atoms with van der Waals surface area (Å²) in [5.74, 6) is 0. The van der Waals surface area contributed by atoms with Gasteiger partial charge in [0.1, 0.15) is 0 Å². The Hall–Kier alpha value is -0.860. The van der Waals surface area contributed by atoms with Crippen LogP contribution in [0, 0.1) is 0 Å². The molecule has 1 N–H and O–H groups in total. The summed E-state index contributed by atoms with van der Waals surface area (Å²) >= 11 is 0. The lowest BCUT2D eigenvalue weighted by atomic mass is 9.79. The fraction of sp³-hybridized carbons (Fsp3) is 0.647. The van der Waals surface area contributed by atoms with Gasteiger partial charge in [-0.2, -0.15) is 0 Å². The van der Waals surface area contributed by atoms with Crippen molar-refractivity contribution in [3.05, 3.63) is 34.9 Å². The number of aryl methyl sites for hydroxylation is 1. The lowest BCUT2D eigenvalue weighted by Gasteiger charge is -2.34. The van der Waals surface area contributed by atoms with E-state index in [-0.39, 0.29) is 0 Å². The van der Waals surface area contributed by atoms with E-state index in [1.807, 2.05) is 0 Å². The first kappa shape index (κ1) is 13.1. The van der Waals surface area contributed by atoms with Crippen LogP contribution in [-0.4, -0.2) is 30.1 Å². The summed E-state index contributed by atoms with van der Waals surface area (Å²) < 4.78 is 0. The molecule has 0 radical (unpaired) electrons. The van der Waals surface area contributed by atoms with Crippen LogP contribution in [0.5, 0.6) is 0 Å². The third-order valence-corrected chi connectivity index (χ3v) is 5.12. The van der Waals surface area contributed by atoms with Crippen LogP contribution in [0.3, 0.4) is 0 Å². The lowest BCUT2D eigenvalue weighted by Crippen LogP contribution is -2.35. The predicted octanol–water partition coefficient (Wildman–Crippen LogP) is 2.87. The monoisotopic (exact) mass is 259 g/mol. The van der Waals surface area contributed by atoms with Crippen molar-refractivity contribution in [1.82, 2.24) is 4.90 Å². The van der Waals surface area contributed by atoms with Crippen LogP contribution < -0.4 is 0 Å². The first-order chi connectivity index (χ1) is 9.10. The molecule has 0 saturated heterocycles. The van der Waals surface area contributed by atoms with Crippen molar-refractivity contribution >= 4 is 0 Å². The highest BCUT2D eigenvalue weighted by atomic mass is 16.3. The molecule has 0 unspecified atom stereocenters. The summed E-state index contributed by atoms with van der Waals surface area (Å²) in [5, 5.41) is 10.9. The number of benzene rings is 1. The van der Waals surface area contributed by atoms with Gasteiger partial charge >= 0.3 is 0 Å². The summed E-state index contributed by atoms with van der Waals surface area (Å²) in [6, 6.07) is 7.18. The summed E-state index contributed by atoms with van der Waals surface area (Å²) in [4.78, 5) is 2.33. The van der Waals surface area contributed by atoms with Crippen molar-refractivity contribution < 1.29 is 5.11 Å². The molecule has 2 aliphatic carbocycles. The zero-order valence-corrected chi connectivity index (χ0v) is 12.2. The zero-order chi connectivity index (χ0) is 13.5. The molecule has 0 spiro atoms. The first-order valence-electron chi connectivity index (χ1n) is 7.60. The van der Waals surface area contributed by atoms with Crippen molar-refractivity contribution in [2.45, 2.75) is 56.6 Å². The van der Waals surface area contributed by atoms with E-state index < -0.39 is 5.60 Å². The number of rotatable bonds is 2. The van der Waals surface area contributed by atoms with Crippen LogP contribution in [0.25, 0.3) is 0 Å². The quantitative estimate of drug-likeness (QED) is 0.883. The Morgan fingerprint density at radius 2 is 1.95 bits per heavy atom. The van der Waals surface area contributed by atoms with Gasteiger partial charge in [-0.15, -0.1) is 0 Å². The molecule has 3 rings (SSSR count). The molecule has 0 bridgehead atoms. The second-order valence-electron chi connectivity index (χ2n) is 6.54. The largest absolute Gasteiger partial charge is 0.385 e. The molecule has 2 heteroatoms. The molecule has 0 heterocycles. The number of nitrogens with zero attached hydrogens (tertiary/aromatic N) is 1. The molecule has 104 valence electrons. The number of likely N-dealkylation sites (N-methyl/N-ethyl adjacent to an activating group) is 1. The lowest BCUT2D eigenvalue weighted by molar-refractivity contribution is 0.0429. The van der Waals surface area contributed by atoms with E-state index in [4.69, 9.17) is 0 Å². The van der Waals surface area contributed by atoms with Gasteiger partial charge in [0.2, 0.25) is 0 Å². The molecule has 1 aromatic rings. The second kappa shape index (κ2) is 4.92. The van der Waals surface area contributed by atoms with Crippen molar-refractivity contribution in [3.63, 3.8) is 0 Å². The Bertz CT molecular complexity index is 460. The minimum Gasteiger partial charge on any atom is -0.385 e. The molecule has 1 saturated carbocycles. The van der Waals surface area contributed by atoms with Crippen molar-refractivity contribution in [1.29, 1.82) is 0 Å². The first-order valence-corrected chi connectivity index (χ1v) is 7.60. The average Bonchev–Trinajstić information content (AvgIpc) is 2.85. The Morgan fingerprint density at radius 3 is 2.63 bits per heavy atom. The van der Waals surface area contributed by atoms with Gasteiger partial charge in [0.15, 0.2) is 0 Å². The van der Waals surface area contributed by atoms with E-state index in [0.717, 1.165) is 38.5 Å². The molecular formula is C17H25NO. The van der Waals surface area contributed by atoms with Gasteiger partial charge in [0.25, 0.3) is 0 Å². The summed E-state index contributed by atoms with van der Waals surface area (Å²) in [7, 11) is 4.34. The van der Waals surface area contributed by atoms with E-state index in [1.165, 1.54) is 23.1 Å². The molecule has 2 nitrogen and oxygen atoms in total. The molecular weight excluding hydrogens is 234 g/mol. The second-order valence-corrected chi connectivity index (χ2v) is 6.54. The van der Waals surface area contributed by atoms with Crippen LogP contribution in [0.4, 0.5) is 0 Å². The van der Waals surface area contributed by atoms with Gasteiger partial charge in [-0.25, -0.2) is 0 Å². The Morgan fingerprint density at radius 1 is 1.21 bits per heavy atom. The Balaban J connectivity index is 1.99. The van der Waals surface area contributed by atoms with Gasteiger partial charge in [-0.1, -0.05) is 31.0 Å².